The summed E-state index contributed by atoms with van der Waals surface area (Å²) in [6.07, 6.45) is 3.69. The maximum atomic E-state index is 6.10. The van der Waals surface area contributed by atoms with Crippen molar-refractivity contribution in [1.82, 2.24) is 10.3 Å². The summed E-state index contributed by atoms with van der Waals surface area (Å²) in [6.45, 7) is 4.69. The van der Waals surface area contributed by atoms with E-state index in [1.807, 2.05) is 24.4 Å². The van der Waals surface area contributed by atoms with E-state index in [1.54, 1.807) is 6.20 Å². The molecule has 0 fully saturated rings. The van der Waals surface area contributed by atoms with Crippen LogP contribution in [0.2, 0.25) is 5.02 Å². The lowest BCUT2D eigenvalue weighted by Gasteiger charge is -2.23. The Balaban J connectivity index is 2.18. The van der Waals surface area contributed by atoms with Gasteiger partial charge in [0.1, 0.15) is 0 Å². The third-order valence-corrected chi connectivity index (χ3v) is 3.40. The first kappa shape index (κ1) is 14.8. The number of pyridine rings is 1. The van der Waals surface area contributed by atoms with Crippen LogP contribution in [0.15, 0.2) is 42.7 Å². The minimum Gasteiger partial charge on any atom is -0.370 e. The van der Waals surface area contributed by atoms with Crippen LogP contribution in [0.5, 0.6) is 0 Å². The SMILES string of the molecule is CCNCc1cc(Cl)ccc1N(C)Cc1cccnc1. The molecule has 0 radical (unpaired) electrons. The van der Waals surface area contributed by atoms with Crippen LogP contribution in [0.1, 0.15) is 18.1 Å². The van der Waals surface area contributed by atoms with Gasteiger partial charge in [0, 0.05) is 43.2 Å². The van der Waals surface area contributed by atoms with E-state index >= 15 is 0 Å². The van der Waals surface area contributed by atoms with E-state index in [-0.39, 0.29) is 0 Å². The topological polar surface area (TPSA) is 28.2 Å². The lowest BCUT2D eigenvalue weighted by Crippen LogP contribution is -2.20. The highest BCUT2D eigenvalue weighted by atomic mass is 35.5. The zero-order valence-corrected chi connectivity index (χ0v) is 12.7. The molecule has 0 atom stereocenters. The lowest BCUT2D eigenvalue weighted by atomic mass is 10.1. The number of hydrogen-bond donors (Lipinski definition) is 1. The van der Waals surface area contributed by atoms with E-state index in [0.29, 0.717) is 0 Å². The highest BCUT2D eigenvalue weighted by Gasteiger charge is 2.08. The Morgan fingerprint density at radius 2 is 2.15 bits per heavy atom. The normalized spacial score (nSPS) is 10.6. The summed E-state index contributed by atoms with van der Waals surface area (Å²) in [4.78, 5) is 6.38. The van der Waals surface area contributed by atoms with E-state index in [2.05, 4.69) is 41.3 Å². The van der Waals surface area contributed by atoms with Gasteiger partial charge in [-0.05, 0) is 41.9 Å². The average molecular weight is 290 g/mol. The van der Waals surface area contributed by atoms with Crippen LogP contribution in [0.25, 0.3) is 0 Å². The Morgan fingerprint density at radius 3 is 2.85 bits per heavy atom. The van der Waals surface area contributed by atoms with Crippen molar-refractivity contribution in [2.24, 2.45) is 0 Å². The first-order chi connectivity index (χ1) is 9.70. The van der Waals surface area contributed by atoms with E-state index in [9.17, 15) is 0 Å². The van der Waals surface area contributed by atoms with Gasteiger partial charge in [-0.25, -0.2) is 0 Å². The first-order valence-electron chi connectivity index (χ1n) is 6.80. The molecule has 4 heteroatoms. The summed E-state index contributed by atoms with van der Waals surface area (Å²) in [5.41, 5.74) is 3.60. The molecule has 1 aromatic heterocycles. The van der Waals surface area contributed by atoms with Crippen molar-refractivity contribution in [1.29, 1.82) is 0 Å². The predicted octanol–water partition coefficient (Wildman–Crippen LogP) is 3.48. The van der Waals surface area contributed by atoms with E-state index in [4.69, 9.17) is 11.6 Å². The molecule has 2 rings (SSSR count). The molecule has 20 heavy (non-hydrogen) atoms. The highest BCUT2D eigenvalue weighted by Crippen LogP contribution is 2.24. The first-order valence-corrected chi connectivity index (χ1v) is 7.17. The molecular formula is C16H20ClN3. The van der Waals surface area contributed by atoms with Gasteiger partial charge in [0.2, 0.25) is 0 Å². The van der Waals surface area contributed by atoms with Crippen LogP contribution < -0.4 is 10.2 Å². The smallest absolute Gasteiger partial charge is 0.0441 e. The predicted molar refractivity (Wildman–Crippen MR) is 85.2 cm³/mol. The van der Waals surface area contributed by atoms with Crippen molar-refractivity contribution in [3.8, 4) is 0 Å². The highest BCUT2D eigenvalue weighted by molar-refractivity contribution is 6.30. The van der Waals surface area contributed by atoms with Crippen LogP contribution in [-0.4, -0.2) is 18.6 Å². The van der Waals surface area contributed by atoms with E-state index in [0.717, 1.165) is 24.7 Å². The molecule has 0 aliphatic heterocycles. The molecule has 1 heterocycles. The monoisotopic (exact) mass is 289 g/mol. The Labute approximate surface area is 125 Å². The fourth-order valence-electron chi connectivity index (χ4n) is 2.18. The molecular weight excluding hydrogens is 270 g/mol. The fraction of sp³-hybridized carbons (Fsp3) is 0.312. The zero-order valence-electron chi connectivity index (χ0n) is 11.9. The summed E-state index contributed by atoms with van der Waals surface area (Å²) in [5, 5.41) is 4.13. The number of rotatable bonds is 6. The maximum absolute atomic E-state index is 6.10. The molecule has 0 aliphatic carbocycles. The van der Waals surface area contributed by atoms with Crippen molar-refractivity contribution >= 4 is 17.3 Å². The van der Waals surface area contributed by atoms with Crippen LogP contribution in [-0.2, 0) is 13.1 Å². The van der Waals surface area contributed by atoms with Crippen LogP contribution in [0.3, 0.4) is 0 Å². The Bertz CT molecular complexity index is 543. The molecule has 1 aromatic carbocycles. The third-order valence-electron chi connectivity index (χ3n) is 3.16. The van der Waals surface area contributed by atoms with Gasteiger partial charge in [-0.15, -0.1) is 0 Å². The summed E-state index contributed by atoms with van der Waals surface area (Å²) >= 11 is 6.10. The van der Waals surface area contributed by atoms with Crippen LogP contribution in [0, 0.1) is 0 Å². The molecule has 106 valence electrons. The van der Waals surface area contributed by atoms with E-state index < -0.39 is 0 Å². The van der Waals surface area contributed by atoms with Gasteiger partial charge >= 0.3 is 0 Å². The molecule has 0 spiro atoms. The second-order valence-corrected chi connectivity index (χ2v) is 5.21. The number of nitrogens with zero attached hydrogens (tertiary/aromatic N) is 2. The standard InChI is InChI=1S/C16H20ClN3/c1-3-18-11-14-9-15(17)6-7-16(14)20(2)12-13-5-4-8-19-10-13/h4-10,18H,3,11-12H2,1-2H3. The second kappa shape index (κ2) is 7.27. The largest absolute Gasteiger partial charge is 0.370 e. The molecule has 0 aliphatic rings. The summed E-state index contributed by atoms with van der Waals surface area (Å²) in [7, 11) is 2.09. The molecule has 0 saturated heterocycles. The van der Waals surface area contributed by atoms with Crippen LogP contribution >= 0.6 is 11.6 Å². The molecule has 1 N–H and O–H groups in total. The van der Waals surface area contributed by atoms with Gasteiger partial charge in [0.15, 0.2) is 0 Å². The molecule has 0 bridgehead atoms. The van der Waals surface area contributed by atoms with E-state index in [1.165, 1.54) is 16.8 Å². The summed E-state index contributed by atoms with van der Waals surface area (Å²) < 4.78 is 0. The third kappa shape index (κ3) is 3.95. The van der Waals surface area contributed by atoms with Gasteiger partial charge in [-0.2, -0.15) is 0 Å². The minimum absolute atomic E-state index is 0.774. The number of halogens is 1. The zero-order chi connectivity index (χ0) is 14.4. The molecule has 0 unspecified atom stereocenters. The van der Waals surface area contributed by atoms with Crippen molar-refractivity contribution in [2.45, 2.75) is 20.0 Å². The quantitative estimate of drug-likeness (QED) is 0.882. The molecule has 0 saturated carbocycles. The maximum Gasteiger partial charge on any atom is 0.0441 e. The number of hydrogen-bond acceptors (Lipinski definition) is 3. The van der Waals surface area contributed by atoms with Crippen molar-refractivity contribution in [2.75, 3.05) is 18.5 Å². The van der Waals surface area contributed by atoms with Gasteiger partial charge in [-0.1, -0.05) is 24.6 Å². The van der Waals surface area contributed by atoms with Gasteiger partial charge in [0.25, 0.3) is 0 Å². The van der Waals surface area contributed by atoms with Crippen molar-refractivity contribution < 1.29 is 0 Å². The van der Waals surface area contributed by atoms with Gasteiger partial charge in [-0.3, -0.25) is 4.98 Å². The average Bonchev–Trinajstić information content (AvgIpc) is 2.46. The van der Waals surface area contributed by atoms with Gasteiger partial charge < -0.3 is 10.2 Å². The minimum atomic E-state index is 0.774. The molecule has 3 nitrogen and oxygen atoms in total. The number of anilines is 1. The van der Waals surface area contributed by atoms with Crippen molar-refractivity contribution in [3.63, 3.8) is 0 Å². The lowest BCUT2D eigenvalue weighted by molar-refractivity contribution is 0.723. The Morgan fingerprint density at radius 1 is 1.30 bits per heavy atom. The summed E-state index contributed by atoms with van der Waals surface area (Å²) in [5.74, 6) is 0. The van der Waals surface area contributed by atoms with Crippen LogP contribution in [0.4, 0.5) is 5.69 Å². The van der Waals surface area contributed by atoms with Gasteiger partial charge in [0.05, 0.1) is 0 Å². The molecule has 0 amide bonds. The Hall–Kier alpha value is -1.58. The number of nitrogens with one attached hydrogen (secondary N) is 1. The molecule has 2 aromatic rings. The number of aromatic nitrogens is 1. The van der Waals surface area contributed by atoms with Crippen molar-refractivity contribution in [3.05, 3.63) is 58.9 Å². The Kier molecular flexibility index (Phi) is 5.39. The second-order valence-electron chi connectivity index (χ2n) is 4.77. The summed E-state index contributed by atoms with van der Waals surface area (Å²) in [6, 6.07) is 10.1. The number of benzene rings is 1. The fourth-order valence-corrected chi connectivity index (χ4v) is 2.37.